The molecule has 88 valence electrons. The molecule has 1 unspecified atom stereocenters. The normalized spacial score (nSPS) is 15.6. The topological polar surface area (TPSA) is 37.8 Å². The first-order chi connectivity index (χ1) is 8.33. The zero-order chi connectivity index (χ0) is 11.7. The first-order valence-electron chi connectivity index (χ1n) is 5.97. The molecule has 4 heteroatoms. The molecule has 2 heterocycles. The summed E-state index contributed by atoms with van der Waals surface area (Å²) in [5, 5.41) is 6.52. The molecular formula is C13H15N3S. The van der Waals surface area contributed by atoms with Gasteiger partial charge in [0.25, 0.3) is 0 Å². The maximum Gasteiger partial charge on any atom is 0.126 e. The Balaban J connectivity index is 1.77. The molecule has 17 heavy (non-hydrogen) atoms. The highest BCUT2D eigenvalue weighted by Crippen LogP contribution is 2.24. The number of hydrogen-bond acceptors (Lipinski definition) is 4. The summed E-state index contributed by atoms with van der Waals surface area (Å²) in [5.41, 5.74) is 2.68. The number of nitrogens with zero attached hydrogens (tertiary/aromatic N) is 2. The standard InChI is InChI=1S/C13H15N3S/c1-9(13-14-7-8-17-13)15-12-6-5-10-3-2-4-11(10)16-12/h5-9H,2-4H2,1H3,(H,15,16). The maximum absolute atomic E-state index is 4.67. The molecule has 1 aliphatic rings. The average molecular weight is 245 g/mol. The number of fused-ring (bicyclic) bond motifs is 1. The van der Waals surface area contributed by atoms with Crippen LogP contribution in [0.15, 0.2) is 23.7 Å². The Morgan fingerprint density at radius 1 is 1.35 bits per heavy atom. The van der Waals surface area contributed by atoms with Crippen LogP contribution in [0.2, 0.25) is 0 Å². The van der Waals surface area contributed by atoms with Gasteiger partial charge in [-0.05, 0) is 37.8 Å². The molecule has 1 N–H and O–H groups in total. The SMILES string of the molecule is CC(Nc1ccc2c(n1)CCC2)c1nccs1. The molecule has 0 aliphatic heterocycles. The Kier molecular flexibility index (Phi) is 2.81. The number of nitrogens with one attached hydrogen (secondary N) is 1. The van der Waals surface area contributed by atoms with Crippen LogP contribution < -0.4 is 5.32 Å². The van der Waals surface area contributed by atoms with Crippen LogP contribution in [0.1, 0.15) is 35.7 Å². The Bertz CT molecular complexity index is 507. The first-order valence-corrected chi connectivity index (χ1v) is 6.85. The highest BCUT2D eigenvalue weighted by molar-refractivity contribution is 7.09. The lowest BCUT2D eigenvalue weighted by Crippen LogP contribution is -2.08. The van der Waals surface area contributed by atoms with Crippen molar-refractivity contribution in [3.8, 4) is 0 Å². The van der Waals surface area contributed by atoms with Crippen molar-refractivity contribution in [3.05, 3.63) is 40.0 Å². The minimum absolute atomic E-state index is 0.224. The molecule has 0 spiro atoms. The minimum Gasteiger partial charge on any atom is -0.361 e. The number of aromatic nitrogens is 2. The van der Waals surface area contributed by atoms with Crippen LogP contribution in [0.25, 0.3) is 0 Å². The maximum atomic E-state index is 4.67. The lowest BCUT2D eigenvalue weighted by molar-refractivity contribution is 0.854. The highest BCUT2D eigenvalue weighted by atomic mass is 32.1. The highest BCUT2D eigenvalue weighted by Gasteiger charge is 2.14. The molecule has 0 amide bonds. The van der Waals surface area contributed by atoms with E-state index in [1.807, 2.05) is 11.6 Å². The van der Waals surface area contributed by atoms with Crippen molar-refractivity contribution in [3.63, 3.8) is 0 Å². The van der Waals surface area contributed by atoms with Crippen LogP contribution in [-0.4, -0.2) is 9.97 Å². The fourth-order valence-electron chi connectivity index (χ4n) is 2.23. The van der Waals surface area contributed by atoms with Crippen LogP contribution >= 0.6 is 11.3 Å². The van der Waals surface area contributed by atoms with Crippen molar-refractivity contribution in [2.45, 2.75) is 32.2 Å². The van der Waals surface area contributed by atoms with Crippen LogP contribution in [-0.2, 0) is 12.8 Å². The molecule has 3 rings (SSSR count). The summed E-state index contributed by atoms with van der Waals surface area (Å²) in [6.45, 7) is 2.12. The van der Waals surface area contributed by atoms with Crippen molar-refractivity contribution < 1.29 is 0 Å². The van der Waals surface area contributed by atoms with Gasteiger partial charge in [0, 0.05) is 17.3 Å². The molecule has 0 saturated heterocycles. The van der Waals surface area contributed by atoms with E-state index in [-0.39, 0.29) is 6.04 Å². The van der Waals surface area contributed by atoms with E-state index in [9.17, 15) is 0 Å². The fraction of sp³-hybridized carbons (Fsp3) is 0.385. The molecule has 2 aromatic heterocycles. The second kappa shape index (κ2) is 4.45. The van der Waals surface area contributed by atoms with Crippen LogP contribution in [0.4, 0.5) is 5.82 Å². The smallest absolute Gasteiger partial charge is 0.126 e. The number of hydrogen-bond donors (Lipinski definition) is 1. The van der Waals surface area contributed by atoms with E-state index in [4.69, 9.17) is 0 Å². The van der Waals surface area contributed by atoms with Gasteiger partial charge in [-0.1, -0.05) is 6.07 Å². The van der Waals surface area contributed by atoms with Gasteiger partial charge in [-0.3, -0.25) is 0 Å². The molecule has 0 fully saturated rings. The quantitative estimate of drug-likeness (QED) is 0.902. The summed E-state index contributed by atoms with van der Waals surface area (Å²) in [6.07, 6.45) is 5.39. The van der Waals surface area contributed by atoms with Gasteiger partial charge in [0.1, 0.15) is 10.8 Å². The molecule has 0 saturated carbocycles. The van der Waals surface area contributed by atoms with E-state index in [0.717, 1.165) is 17.2 Å². The van der Waals surface area contributed by atoms with Crippen molar-refractivity contribution in [1.82, 2.24) is 9.97 Å². The van der Waals surface area contributed by atoms with Crippen molar-refractivity contribution in [1.29, 1.82) is 0 Å². The third kappa shape index (κ3) is 2.17. The van der Waals surface area contributed by atoms with Crippen LogP contribution in [0.3, 0.4) is 0 Å². The lowest BCUT2D eigenvalue weighted by Gasteiger charge is -2.12. The van der Waals surface area contributed by atoms with Crippen molar-refractivity contribution >= 4 is 17.2 Å². The van der Waals surface area contributed by atoms with Gasteiger partial charge in [-0.25, -0.2) is 9.97 Å². The van der Waals surface area contributed by atoms with Gasteiger partial charge >= 0.3 is 0 Å². The summed E-state index contributed by atoms with van der Waals surface area (Å²) in [7, 11) is 0. The largest absolute Gasteiger partial charge is 0.361 e. The number of thiazole rings is 1. The summed E-state index contributed by atoms with van der Waals surface area (Å²) in [4.78, 5) is 8.98. The molecule has 1 atom stereocenters. The number of pyridine rings is 1. The Morgan fingerprint density at radius 3 is 3.12 bits per heavy atom. The summed E-state index contributed by atoms with van der Waals surface area (Å²) >= 11 is 1.67. The van der Waals surface area contributed by atoms with Gasteiger partial charge in [-0.2, -0.15) is 0 Å². The second-order valence-corrected chi connectivity index (χ2v) is 5.32. The van der Waals surface area contributed by atoms with E-state index >= 15 is 0 Å². The molecule has 0 aromatic carbocycles. The van der Waals surface area contributed by atoms with Gasteiger partial charge < -0.3 is 5.32 Å². The molecular weight excluding hydrogens is 230 g/mol. The Hall–Kier alpha value is -1.42. The summed E-state index contributed by atoms with van der Waals surface area (Å²) in [6, 6.07) is 4.50. The van der Waals surface area contributed by atoms with E-state index in [1.54, 1.807) is 11.3 Å². The fourth-order valence-corrected chi connectivity index (χ4v) is 2.88. The van der Waals surface area contributed by atoms with Crippen LogP contribution in [0.5, 0.6) is 0 Å². The third-order valence-corrected chi connectivity index (χ3v) is 4.07. The van der Waals surface area contributed by atoms with E-state index in [1.165, 1.54) is 24.1 Å². The lowest BCUT2D eigenvalue weighted by atomic mass is 10.2. The summed E-state index contributed by atoms with van der Waals surface area (Å²) in [5.74, 6) is 0.966. The Morgan fingerprint density at radius 2 is 2.29 bits per heavy atom. The van der Waals surface area contributed by atoms with E-state index < -0.39 is 0 Å². The monoisotopic (exact) mass is 245 g/mol. The second-order valence-electron chi connectivity index (χ2n) is 4.39. The zero-order valence-corrected chi connectivity index (χ0v) is 10.6. The molecule has 0 radical (unpaired) electrons. The number of anilines is 1. The molecule has 1 aliphatic carbocycles. The minimum atomic E-state index is 0.224. The molecule has 3 nitrogen and oxygen atoms in total. The zero-order valence-electron chi connectivity index (χ0n) is 9.81. The van der Waals surface area contributed by atoms with Gasteiger partial charge in [0.15, 0.2) is 0 Å². The summed E-state index contributed by atoms with van der Waals surface area (Å²) < 4.78 is 0. The van der Waals surface area contributed by atoms with Gasteiger partial charge in [0.05, 0.1) is 6.04 Å². The molecule has 2 aromatic rings. The first kappa shape index (κ1) is 10.7. The van der Waals surface area contributed by atoms with Crippen molar-refractivity contribution in [2.75, 3.05) is 5.32 Å². The van der Waals surface area contributed by atoms with E-state index in [0.29, 0.717) is 0 Å². The van der Waals surface area contributed by atoms with Gasteiger partial charge in [-0.15, -0.1) is 11.3 Å². The number of aryl methyl sites for hydroxylation is 2. The number of rotatable bonds is 3. The Labute approximate surface area is 105 Å². The molecule has 0 bridgehead atoms. The van der Waals surface area contributed by atoms with Gasteiger partial charge in [0.2, 0.25) is 0 Å². The predicted molar refractivity (Wildman–Crippen MR) is 70.4 cm³/mol. The van der Waals surface area contributed by atoms with E-state index in [2.05, 4.69) is 34.3 Å². The predicted octanol–water partition coefficient (Wildman–Crippen LogP) is 3.20. The third-order valence-electron chi connectivity index (χ3n) is 3.11. The van der Waals surface area contributed by atoms with Crippen LogP contribution in [0, 0.1) is 0 Å². The average Bonchev–Trinajstić information content (AvgIpc) is 2.99. The van der Waals surface area contributed by atoms with Crippen molar-refractivity contribution in [2.24, 2.45) is 0 Å².